The average Bonchev–Trinajstić information content (AvgIpc) is 3.04. The Morgan fingerprint density at radius 1 is 1.00 bits per heavy atom. The summed E-state index contributed by atoms with van der Waals surface area (Å²) < 4.78 is 0. The van der Waals surface area contributed by atoms with Gasteiger partial charge in [0.15, 0.2) is 0 Å². The van der Waals surface area contributed by atoms with Gasteiger partial charge in [0.25, 0.3) is 0 Å². The number of nitrogens with one attached hydrogen (secondary N) is 2. The normalized spacial score (nSPS) is 18.9. The van der Waals surface area contributed by atoms with Gasteiger partial charge in [-0.25, -0.2) is 0 Å². The van der Waals surface area contributed by atoms with Crippen LogP contribution >= 0.6 is 0 Å². The van der Waals surface area contributed by atoms with Gasteiger partial charge < -0.3 is 15.2 Å². The van der Waals surface area contributed by atoms with Crippen LogP contribution in [0, 0.1) is 0 Å². The van der Waals surface area contributed by atoms with Crippen molar-refractivity contribution in [1.82, 2.24) is 15.2 Å². The first kappa shape index (κ1) is 15.4. The van der Waals surface area contributed by atoms with E-state index >= 15 is 0 Å². The summed E-state index contributed by atoms with van der Waals surface area (Å²) >= 11 is 0. The van der Waals surface area contributed by atoms with Crippen molar-refractivity contribution >= 4 is 10.9 Å². The molecule has 1 aliphatic heterocycles. The summed E-state index contributed by atoms with van der Waals surface area (Å²) in [5.41, 5.74) is 4.10. The van der Waals surface area contributed by atoms with E-state index in [0.29, 0.717) is 6.04 Å². The Balaban J connectivity index is 1.36. The molecule has 0 radical (unpaired) electrons. The maximum absolute atomic E-state index is 3.69. The molecule has 0 aliphatic carbocycles. The third-order valence-electron chi connectivity index (χ3n) is 5.04. The molecule has 2 aromatic carbocycles. The Labute approximate surface area is 143 Å². The van der Waals surface area contributed by atoms with Crippen molar-refractivity contribution < 1.29 is 0 Å². The smallest absolute Gasteiger partial charge is 0.0456 e. The number of aromatic amines is 1. The predicted octanol–water partition coefficient (Wildman–Crippen LogP) is 3.23. The van der Waals surface area contributed by atoms with Crippen molar-refractivity contribution in [3.8, 4) is 0 Å². The van der Waals surface area contributed by atoms with E-state index in [0.717, 1.165) is 39.0 Å². The highest BCUT2D eigenvalue weighted by atomic mass is 15.2. The van der Waals surface area contributed by atoms with Crippen molar-refractivity contribution in [3.63, 3.8) is 0 Å². The molecule has 0 amide bonds. The number of benzene rings is 2. The SMILES string of the molecule is c1ccc(CCN2CCNC(Cc3c[nH]c4ccccc34)C2)cc1. The summed E-state index contributed by atoms with van der Waals surface area (Å²) in [7, 11) is 0. The van der Waals surface area contributed by atoms with Crippen LogP contribution in [-0.2, 0) is 12.8 Å². The van der Waals surface area contributed by atoms with E-state index < -0.39 is 0 Å². The molecule has 1 saturated heterocycles. The van der Waals surface area contributed by atoms with E-state index in [2.05, 4.69) is 76.0 Å². The Hall–Kier alpha value is -2.10. The summed E-state index contributed by atoms with van der Waals surface area (Å²) in [6.45, 7) is 4.52. The molecule has 0 saturated carbocycles. The minimum atomic E-state index is 0.536. The van der Waals surface area contributed by atoms with E-state index in [4.69, 9.17) is 0 Å². The summed E-state index contributed by atoms with van der Waals surface area (Å²) in [4.78, 5) is 5.99. The quantitative estimate of drug-likeness (QED) is 0.756. The first-order valence-corrected chi connectivity index (χ1v) is 8.93. The number of fused-ring (bicyclic) bond motifs is 1. The molecule has 2 N–H and O–H groups in total. The molecule has 1 aromatic heterocycles. The van der Waals surface area contributed by atoms with Crippen LogP contribution in [0.3, 0.4) is 0 Å². The first-order chi connectivity index (χ1) is 11.9. The third-order valence-corrected chi connectivity index (χ3v) is 5.04. The topological polar surface area (TPSA) is 31.1 Å². The molecular formula is C21H25N3. The summed E-state index contributed by atoms with van der Waals surface area (Å²) in [5, 5.41) is 5.06. The lowest BCUT2D eigenvalue weighted by Crippen LogP contribution is -2.51. The molecule has 0 spiro atoms. The summed E-state index contributed by atoms with van der Waals surface area (Å²) in [6, 6.07) is 19.9. The monoisotopic (exact) mass is 319 g/mol. The number of hydrogen-bond acceptors (Lipinski definition) is 2. The fourth-order valence-electron chi connectivity index (χ4n) is 3.73. The highest BCUT2D eigenvalue weighted by Gasteiger charge is 2.20. The summed E-state index contributed by atoms with van der Waals surface area (Å²) in [5.74, 6) is 0. The Kier molecular flexibility index (Phi) is 4.63. The number of piperazine rings is 1. The zero-order chi connectivity index (χ0) is 16.2. The molecule has 3 nitrogen and oxygen atoms in total. The van der Waals surface area contributed by atoms with Crippen LogP contribution in [0.2, 0.25) is 0 Å². The van der Waals surface area contributed by atoms with Gasteiger partial charge in [-0.2, -0.15) is 0 Å². The maximum Gasteiger partial charge on any atom is 0.0456 e. The molecule has 1 aliphatic rings. The second-order valence-electron chi connectivity index (χ2n) is 6.75. The third kappa shape index (κ3) is 3.53. The van der Waals surface area contributed by atoms with Gasteiger partial charge in [0, 0.05) is 49.3 Å². The standard InChI is InChI=1S/C21H25N3/c1-2-6-17(7-3-1)10-12-24-13-11-22-19(16-24)14-18-15-23-21-9-5-4-8-20(18)21/h1-9,15,19,22-23H,10-14,16H2. The fraction of sp³-hybridized carbons (Fsp3) is 0.333. The largest absolute Gasteiger partial charge is 0.361 e. The highest BCUT2D eigenvalue weighted by Crippen LogP contribution is 2.20. The van der Waals surface area contributed by atoms with Crippen LogP contribution in [0.4, 0.5) is 0 Å². The van der Waals surface area contributed by atoms with Gasteiger partial charge >= 0.3 is 0 Å². The molecule has 1 fully saturated rings. The molecule has 3 aromatic rings. The van der Waals surface area contributed by atoms with Gasteiger partial charge in [-0.1, -0.05) is 48.5 Å². The molecule has 0 bridgehead atoms. The van der Waals surface area contributed by atoms with Crippen molar-refractivity contribution in [3.05, 3.63) is 71.9 Å². The maximum atomic E-state index is 3.69. The Bertz CT molecular complexity index is 778. The van der Waals surface area contributed by atoms with Gasteiger partial charge in [-0.3, -0.25) is 0 Å². The lowest BCUT2D eigenvalue weighted by Gasteiger charge is -2.33. The minimum Gasteiger partial charge on any atom is -0.361 e. The second-order valence-corrected chi connectivity index (χ2v) is 6.75. The van der Waals surface area contributed by atoms with Crippen LogP contribution in [-0.4, -0.2) is 42.1 Å². The number of para-hydroxylation sites is 1. The number of rotatable bonds is 5. The van der Waals surface area contributed by atoms with Gasteiger partial charge in [0.1, 0.15) is 0 Å². The van der Waals surface area contributed by atoms with E-state index in [1.807, 2.05) is 0 Å². The average molecular weight is 319 g/mol. The number of hydrogen-bond donors (Lipinski definition) is 2. The Morgan fingerprint density at radius 2 is 1.83 bits per heavy atom. The number of aromatic nitrogens is 1. The van der Waals surface area contributed by atoms with Crippen molar-refractivity contribution in [1.29, 1.82) is 0 Å². The highest BCUT2D eigenvalue weighted by molar-refractivity contribution is 5.83. The minimum absolute atomic E-state index is 0.536. The predicted molar refractivity (Wildman–Crippen MR) is 100 cm³/mol. The van der Waals surface area contributed by atoms with E-state index in [1.54, 1.807) is 0 Å². The van der Waals surface area contributed by atoms with Crippen molar-refractivity contribution in [2.45, 2.75) is 18.9 Å². The zero-order valence-electron chi connectivity index (χ0n) is 14.0. The van der Waals surface area contributed by atoms with E-state index in [1.165, 1.54) is 22.0 Å². The first-order valence-electron chi connectivity index (χ1n) is 8.93. The number of H-pyrrole nitrogens is 1. The van der Waals surface area contributed by atoms with Gasteiger partial charge in [-0.05, 0) is 30.0 Å². The van der Waals surface area contributed by atoms with Crippen molar-refractivity contribution in [2.75, 3.05) is 26.2 Å². The Morgan fingerprint density at radius 3 is 2.75 bits per heavy atom. The second kappa shape index (κ2) is 7.20. The fourth-order valence-corrected chi connectivity index (χ4v) is 3.73. The molecule has 124 valence electrons. The van der Waals surface area contributed by atoms with Crippen LogP contribution in [0.15, 0.2) is 60.8 Å². The van der Waals surface area contributed by atoms with Gasteiger partial charge in [0.05, 0.1) is 0 Å². The van der Waals surface area contributed by atoms with E-state index in [9.17, 15) is 0 Å². The van der Waals surface area contributed by atoms with Gasteiger partial charge in [-0.15, -0.1) is 0 Å². The van der Waals surface area contributed by atoms with Crippen LogP contribution < -0.4 is 5.32 Å². The van der Waals surface area contributed by atoms with Crippen LogP contribution in [0.25, 0.3) is 10.9 Å². The molecule has 24 heavy (non-hydrogen) atoms. The number of nitrogens with zero attached hydrogens (tertiary/aromatic N) is 1. The van der Waals surface area contributed by atoms with Crippen LogP contribution in [0.1, 0.15) is 11.1 Å². The molecular weight excluding hydrogens is 294 g/mol. The van der Waals surface area contributed by atoms with E-state index in [-0.39, 0.29) is 0 Å². The van der Waals surface area contributed by atoms with Crippen LogP contribution in [0.5, 0.6) is 0 Å². The molecule has 1 atom stereocenters. The zero-order valence-corrected chi connectivity index (χ0v) is 14.0. The molecule has 4 rings (SSSR count). The lowest BCUT2D eigenvalue weighted by atomic mass is 10.0. The molecule has 1 unspecified atom stereocenters. The lowest BCUT2D eigenvalue weighted by molar-refractivity contribution is 0.201. The van der Waals surface area contributed by atoms with Gasteiger partial charge in [0.2, 0.25) is 0 Å². The van der Waals surface area contributed by atoms with Crippen molar-refractivity contribution in [2.24, 2.45) is 0 Å². The molecule has 3 heteroatoms. The molecule has 2 heterocycles. The summed E-state index contributed by atoms with van der Waals surface area (Å²) in [6.07, 6.45) is 4.40.